The molecule has 0 spiro atoms. The molecule has 1 aromatic heterocycles. The Balaban J connectivity index is 1.89. The molecule has 1 aromatic rings. The predicted octanol–water partition coefficient (Wildman–Crippen LogP) is 0.502. The summed E-state index contributed by atoms with van der Waals surface area (Å²) >= 11 is 0. The van der Waals surface area contributed by atoms with E-state index in [4.69, 9.17) is 5.73 Å². The maximum atomic E-state index is 5.67. The van der Waals surface area contributed by atoms with Crippen LogP contribution in [0.3, 0.4) is 0 Å². The second kappa shape index (κ2) is 6.11. The molecule has 1 atom stereocenters. The minimum atomic E-state index is 0.579. The number of hydrogen-bond acceptors (Lipinski definition) is 5. The second-order valence-corrected chi connectivity index (χ2v) is 5.09. The van der Waals surface area contributed by atoms with Crippen molar-refractivity contribution in [1.82, 2.24) is 14.9 Å². The first-order valence-corrected chi connectivity index (χ1v) is 6.65. The number of anilines is 1. The second-order valence-electron chi connectivity index (χ2n) is 5.09. The molecule has 1 aliphatic heterocycles. The van der Waals surface area contributed by atoms with Gasteiger partial charge in [0.05, 0.1) is 5.69 Å². The van der Waals surface area contributed by atoms with Crippen molar-refractivity contribution in [3.63, 3.8) is 0 Å². The average molecular weight is 249 g/mol. The molecule has 5 heteroatoms. The van der Waals surface area contributed by atoms with Gasteiger partial charge in [-0.2, -0.15) is 0 Å². The Hall–Kier alpha value is -1.20. The summed E-state index contributed by atoms with van der Waals surface area (Å²) in [6.45, 7) is 10.3. The fourth-order valence-electron chi connectivity index (χ4n) is 2.37. The molecule has 0 aromatic carbocycles. The highest BCUT2D eigenvalue weighted by molar-refractivity contribution is 5.42. The number of rotatable bonds is 4. The van der Waals surface area contributed by atoms with E-state index in [0.717, 1.165) is 50.8 Å². The van der Waals surface area contributed by atoms with Crippen LogP contribution in [0.1, 0.15) is 12.6 Å². The number of nitrogens with two attached hydrogens (primary N) is 1. The summed E-state index contributed by atoms with van der Waals surface area (Å²) in [5, 5.41) is 0. The summed E-state index contributed by atoms with van der Waals surface area (Å²) in [7, 11) is 0. The summed E-state index contributed by atoms with van der Waals surface area (Å²) < 4.78 is 0. The van der Waals surface area contributed by atoms with Crippen LogP contribution >= 0.6 is 0 Å². The highest BCUT2D eigenvalue weighted by Gasteiger charge is 2.20. The molecule has 18 heavy (non-hydrogen) atoms. The van der Waals surface area contributed by atoms with Crippen LogP contribution < -0.4 is 10.6 Å². The van der Waals surface area contributed by atoms with E-state index in [2.05, 4.69) is 26.7 Å². The third-order valence-corrected chi connectivity index (χ3v) is 3.50. The van der Waals surface area contributed by atoms with Gasteiger partial charge in [-0.1, -0.05) is 6.92 Å². The molecule has 100 valence electrons. The lowest BCUT2D eigenvalue weighted by molar-refractivity contribution is 0.226. The average Bonchev–Trinajstić information content (AvgIpc) is 2.40. The Bertz CT molecular complexity index is 373. The third kappa shape index (κ3) is 3.17. The molecular weight excluding hydrogens is 226 g/mol. The Labute approximate surface area is 109 Å². The van der Waals surface area contributed by atoms with E-state index >= 15 is 0 Å². The van der Waals surface area contributed by atoms with E-state index in [-0.39, 0.29) is 0 Å². The van der Waals surface area contributed by atoms with E-state index in [1.165, 1.54) is 0 Å². The molecule has 0 radical (unpaired) electrons. The van der Waals surface area contributed by atoms with Crippen molar-refractivity contribution in [2.75, 3.05) is 44.2 Å². The number of hydrogen-bond donors (Lipinski definition) is 1. The van der Waals surface area contributed by atoms with Crippen LogP contribution in [0.4, 0.5) is 5.82 Å². The number of aryl methyl sites for hydroxylation is 1. The molecule has 1 saturated heterocycles. The molecule has 1 aliphatic rings. The van der Waals surface area contributed by atoms with E-state index < -0.39 is 0 Å². The van der Waals surface area contributed by atoms with Gasteiger partial charge >= 0.3 is 0 Å². The van der Waals surface area contributed by atoms with Crippen LogP contribution in [-0.4, -0.2) is 54.1 Å². The molecule has 0 aliphatic carbocycles. The minimum Gasteiger partial charge on any atom is -0.353 e. The van der Waals surface area contributed by atoms with Gasteiger partial charge in [0.25, 0.3) is 0 Å². The smallest absolute Gasteiger partial charge is 0.150 e. The monoisotopic (exact) mass is 249 g/mol. The van der Waals surface area contributed by atoms with E-state index in [1.54, 1.807) is 12.4 Å². The van der Waals surface area contributed by atoms with Crippen molar-refractivity contribution in [3.8, 4) is 0 Å². The van der Waals surface area contributed by atoms with Gasteiger partial charge in [-0.05, 0) is 19.4 Å². The van der Waals surface area contributed by atoms with Crippen LogP contribution in [0.25, 0.3) is 0 Å². The summed E-state index contributed by atoms with van der Waals surface area (Å²) in [5.41, 5.74) is 6.69. The lowest BCUT2D eigenvalue weighted by Gasteiger charge is -2.36. The van der Waals surface area contributed by atoms with Gasteiger partial charge in [-0.15, -0.1) is 0 Å². The summed E-state index contributed by atoms with van der Waals surface area (Å²) in [6, 6.07) is 0. The van der Waals surface area contributed by atoms with Crippen LogP contribution in [0.15, 0.2) is 12.4 Å². The van der Waals surface area contributed by atoms with Crippen molar-refractivity contribution in [2.45, 2.75) is 13.8 Å². The maximum absolute atomic E-state index is 5.67. The van der Waals surface area contributed by atoms with Crippen molar-refractivity contribution >= 4 is 5.82 Å². The number of piperazine rings is 1. The van der Waals surface area contributed by atoms with Crippen molar-refractivity contribution < 1.29 is 0 Å². The first kappa shape index (κ1) is 13.2. The fourth-order valence-corrected chi connectivity index (χ4v) is 2.37. The predicted molar refractivity (Wildman–Crippen MR) is 73.6 cm³/mol. The third-order valence-electron chi connectivity index (χ3n) is 3.50. The molecule has 0 saturated carbocycles. The molecular formula is C13H23N5. The Morgan fingerprint density at radius 3 is 2.50 bits per heavy atom. The zero-order valence-corrected chi connectivity index (χ0v) is 11.3. The van der Waals surface area contributed by atoms with Gasteiger partial charge in [0.2, 0.25) is 0 Å². The van der Waals surface area contributed by atoms with Crippen molar-refractivity contribution in [2.24, 2.45) is 11.7 Å². The quantitative estimate of drug-likeness (QED) is 0.842. The first-order valence-electron chi connectivity index (χ1n) is 6.65. The summed E-state index contributed by atoms with van der Waals surface area (Å²) in [4.78, 5) is 13.5. The molecule has 1 unspecified atom stereocenters. The lowest BCUT2D eigenvalue weighted by atomic mass is 10.1. The van der Waals surface area contributed by atoms with Gasteiger partial charge in [0.1, 0.15) is 5.82 Å². The van der Waals surface area contributed by atoms with Gasteiger partial charge < -0.3 is 10.6 Å². The van der Waals surface area contributed by atoms with E-state index in [9.17, 15) is 0 Å². The lowest BCUT2D eigenvalue weighted by Crippen LogP contribution is -2.48. The molecule has 2 heterocycles. The number of aromatic nitrogens is 2. The van der Waals surface area contributed by atoms with Crippen LogP contribution in [0.5, 0.6) is 0 Å². The van der Waals surface area contributed by atoms with Crippen molar-refractivity contribution in [3.05, 3.63) is 18.1 Å². The Kier molecular flexibility index (Phi) is 4.49. The van der Waals surface area contributed by atoms with E-state index in [0.29, 0.717) is 5.92 Å². The first-order chi connectivity index (χ1) is 8.70. The molecule has 0 bridgehead atoms. The highest BCUT2D eigenvalue weighted by Crippen LogP contribution is 2.16. The molecule has 0 amide bonds. The summed E-state index contributed by atoms with van der Waals surface area (Å²) in [6.07, 6.45) is 3.52. The maximum Gasteiger partial charge on any atom is 0.150 e. The van der Waals surface area contributed by atoms with Gasteiger partial charge in [0.15, 0.2) is 0 Å². The van der Waals surface area contributed by atoms with Crippen LogP contribution in [0, 0.1) is 12.8 Å². The fraction of sp³-hybridized carbons (Fsp3) is 0.692. The Morgan fingerprint density at radius 1 is 1.22 bits per heavy atom. The zero-order chi connectivity index (χ0) is 13.0. The summed E-state index contributed by atoms with van der Waals surface area (Å²) in [5.74, 6) is 1.61. The standard InChI is InChI=1S/C13H23N5/c1-11(9-14)10-17-5-7-18(8-6-17)13-12(2)15-3-4-16-13/h3-4,11H,5-10,14H2,1-2H3. The molecule has 2 rings (SSSR count). The SMILES string of the molecule is Cc1nccnc1N1CCN(CC(C)CN)CC1. The van der Waals surface area contributed by atoms with Crippen LogP contribution in [-0.2, 0) is 0 Å². The normalized spacial score (nSPS) is 18.9. The van der Waals surface area contributed by atoms with Crippen molar-refractivity contribution in [1.29, 1.82) is 0 Å². The van der Waals surface area contributed by atoms with E-state index in [1.807, 2.05) is 6.92 Å². The minimum absolute atomic E-state index is 0.579. The highest BCUT2D eigenvalue weighted by atomic mass is 15.3. The molecule has 5 nitrogen and oxygen atoms in total. The molecule has 1 fully saturated rings. The molecule has 2 N–H and O–H groups in total. The van der Waals surface area contributed by atoms with Gasteiger partial charge in [0, 0.05) is 45.1 Å². The van der Waals surface area contributed by atoms with Gasteiger partial charge in [-0.25, -0.2) is 4.98 Å². The largest absolute Gasteiger partial charge is 0.353 e. The van der Waals surface area contributed by atoms with Crippen LogP contribution in [0.2, 0.25) is 0 Å². The zero-order valence-electron chi connectivity index (χ0n) is 11.3. The Morgan fingerprint density at radius 2 is 1.89 bits per heavy atom. The number of nitrogens with zero attached hydrogens (tertiary/aromatic N) is 4. The topological polar surface area (TPSA) is 58.3 Å². The van der Waals surface area contributed by atoms with Gasteiger partial charge in [-0.3, -0.25) is 9.88 Å².